The van der Waals surface area contributed by atoms with Crippen LogP contribution in [-0.4, -0.2) is 32.4 Å². The molecule has 7 heteroatoms. The fourth-order valence-electron chi connectivity index (χ4n) is 1.67. The third kappa shape index (κ3) is 3.05. The lowest BCUT2D eigenvalue weighted by atomic mass is 10.2. The average Bonchev–Trinajstić information content (AvgIpc) is 2.67. The highest BCUT2D eigenvalue weighted by atomic mass is 16.6. The van der Waals surface area contributed by atoms with Crippen LogP contribution in [0.2, 0.25) is 0 Å². The number of anilines is 1. The smallest absolute Gasteiger partial charge is 0.413 e. The zero-order chi connectivity index (χ0) is 14.9. The van der Waals surface area contributed by atoms with Crippen molar-refractivity contribution in [1.29, 1.82) is 0 Å². The molecule has 2 N–H and O–H groups in total. The molecule has 0 saturated carbocycles. The SMILES string of the molecule is CC(C)(C)OC(=O)Nc1cc2c(C(=O)O)cccn2n1. The van der Waals surface area contributed by atoms with Gasteiger partial charge in [-0.15, -0.1) is 5.10 Å². The first-order chi connectivity index (χ1) is 9.26. The number of nitrogens with one attached hydrogen (secondary N) is 1. The molecule has 0 aromatic carbocycles. The van der Waals surface area contributed by atoms with E-state index in [0.717, 1.165) is 0 Å². The fraction of sp³-hybridized carbons (Fsp3) is 0.308. The van der Waals surface area contributed by atoms with Crippen LogP contribution in [0.25, 0.3) is 5.52 Å². The largest absolute Gasteiger partial charge is 0.478 e. The summed E-state index contributed by atoms with van der Waals surface area (Å²) in [6.45, 7) is 5.25. The van der Waals surface area contributed by atoms with E-state index in [4.69, 9.17) is 9.84 Å². The van der Waals surface area contributed by atoms with E-state index >= 15 is 0 Å². The van der Waals surface area contributed by atoms with Crippen molar-refractivity contribution in [2.24, 2.45) is 0 Å². The molecule has 7 nitrogen and oxygen atoms in total. The number of fused-ring (bicyclic) bond motifs is 1. The minimum Gasteiger partial charge on any atom is -0.478 e. The number of carboxylic acid groups (broad SMARTS) is 1. The number of aromatic nitrogens is 2. The van der Waals surface area contributed by atoms with Gasteiger partial charge >= 0.3 is 12.1 Å². The maximum absolute atomic E-state index is 11.6. The number of ether oxygens (including phenoxy) is 1. The summed E-state index contributed by atoms with van der Waals surface area (Å²) in [4.78, 5) is 22.7. The van der Waals surface area contributed by atoms with Crippen molar-refractivity contribution in [1.82, 2.24) is 9.61 Å². The molecule has 106 valence electrons. The van der Waals surface area contributed by atoms with Crippen molar-refractivity contribution in [3.8, 4) is 0 Å². The van der Waals surface area contributed by atoms with Gasteiger partial charge in [-0.1, -0.05) is 0 Å². The summed E-state index contributed by atoms with van der Waals surface area (Å²) in [6, 6.07) is 4.52. The van der Waals surface area contributed by atoms with Crippen LogP contribution in [0, 0.1) is 0 Å². The van der Waals surface area contributed by atoms with E-state index in [1.807, 2.05) is 0 Å². The molecule has 0 aliphatic carbocycles. The lowest BCUT2D eigenvalue weighted by Crippen LogP contribution is -2.27. The van der Waals surface area contributed by atoms with Crippen LogP contribution in [0.5, 0.6) is 0 Å². The topological polar surface area (TPSA) is 92.9 Å². The number of hydrogen-bond acceptors (Lipinski definition) is 4. The van der Waals surface area contributed by atoms with Crippen LogP contribution in [0.4, 0.5) is 10.6 Å². The van der Waals surface area contributed by atoms with Crippen molar-refractivity contribution in [2.45, 2.75) is 26.4 Å². The van der Waals surface area contributed by atoms with Gasteiger partial charge < -0.3 is 9.84 Å². The molecular weight excluding hydrogens is 262 g/mol. The molecule has 0 saturated heterocycles. The summed E-state index contributed by atoms with van der Waals surface area (Å²) in [5.74, 6) is -0.827. The molecule has 0 radical (unpaired) electrons. The van der Waals surface area contributed by atoms with Gasteiger partial charge in [-0.25, -0.2) is 14.1 Å². The Morgan fingerprint density at radius 2 is 2.10 bits per heavy atom. The Kier molecular flexibility index (Phi) is 3.35. The van der Waals surface area contributed by atoms with Crippen molar-refractivity contribution in [3.05, 3.63) is 30.0 Å². The first-order valence-electron chi connectivity index (χ1n) is 5.98. The van der Waals surface area contributed by atoms with Gasteiger partial charge in [-0.3, -0.25) is 5.32 Å². The number of carboxylic acids is 1. The minimum atomic E-state index is -1.06. The van der Waals surface area contributed by atoms with Gasteiger partial charge in [-0.05, 0) is 32.9 Å². The highest BCUT2D eigenvalue weighted by Crippen LogP contribution is 2.16. The van der Waals surface area contributed by atoms with Gasteiger partial charge in [0.2, 0.25) is 0 Å². The van der Waals surface area contributed by atoms with Crippen LogP contribution in [0.1, 0.15) is 31.1 Å². The Hall–Kier alpha value is -2.57. The zero-order valence-electron chi connectivity index (χ0n) is 11.4. The Labute approximate surface area is 115 Å². The number of rotatable bonds is 2. The van der Waals surface area contributed by atoms with Crippen LogP contribution in [0.15, 0.2) is 24.4 Å². The Balaban J connectivity index is 2.27. The molecule has 0 fully saturated rings. The monoisotopic (exact) mass is 277 g/mol. The van der Waals surface area contributed by atoms with E-state index in [0.29, 0.717) is 5.52 Å². The molecule has 2 heterocycles. The van der Waals surface area contributed by atoms with Gasteiger partial charge in [0.25, 0.3) is 0 Å². The predicted molar refractivity (Wildman–Crippen MR) is 72.0 cm³/mol. The van der Waals surface area contributed by atoms with E-state index < -0.39 is 17.7 Å². The summed E-state index contributed by atoms with van der Waals surface area (Å²) in [5, 5.41) is 15.6. The highest BCUT2D eigenvalue weighted by Gasteiger charge is 2.18. The Bertz CT molecular complexity index is 670. The van der Waals surface area contributed by atoms with Crippen molar-refractivity contribution in [2.75, 3.05) is 5.32 Å². The van der Waals surface area contributed by atoms with E-state index in [9.17, 15) is 9.59 Å². The third-order valence-electron chi connectivity index (χ3n) is 2.36. The molecule has 20 heavy (non-hydrogen) atoms. The Morgan fingerprint density at radius 3 is 2.70 bits per heavy atom. The first kappa shape index (κ1) is 13.9. The summed E-state index contributed by atoms with van der Waals surface area (Å²) in [6.07, 6.45) is 0.958. The number of pyridine rings is 1. The minimum absolute atomic E-state index is 0.109. The number of aromatic carboxylic acids is 1. The maximum Gasteiger partial charge on any atom is 0.413 e. The van der Waals surface area contributed by atoms with Gasteiger partial charge in [0.05, 0.1) is 11.1 Å². The molecule has 0 aliphatic rings. The second-order valence-electron chi connectivity index (χ2n) is 5.21. The van der Waals surface area contributed by atoms with Crippen molar-refractivity contribution >= 4 is 23.4 Å². The van der Waals surface area contributed by atoms with Gasteiger partial charge in [0.1, 0.15) is 5.60 Å². The van der Waals surface area contributed by atoms with Crippen molar-refractivity contribution < 1.29 is 19.4 Å². The number of carbonyl (C=O) groups excluding carboxylic acids is 1. The predicted octanol–water partition coefficient (Wildman–Crippen LogP) is 2.38. The number of carbonyl (C=O) groups is 2. The van der Waals surface area contributed by atoms with Crippen LogP contribution >= 0.6 is 0 Å². The lowest BCUT2D eigenvalue weighted by molar-refractivity contribution is 0.0633. The van der Waals surface area contributed by atoms with Crippen LogP contribution in [-0.2, 0) is 4.74 Å². The summed E-state index contributed by atoms with van der Waals surface area (Å²) >= 11 is 0. The quantitative estimate of drug-likeness (QED) is 0.879. The molecule has 0 unspecified atom stereocenters. The number of hydrogen-bond donors (Lipinski definition) is 2. The van der Waals surface area contributed by atoms with Gasteiger partial charge in [0.15, 0.2) is 5.82 Å². The second kappa shape index (κ2) is 4.84. The lowest BCUT2D eigenvalue weighted by Gasteiger charge is -2.18. The van der Waals surface area contributed by atoms with Gasteiger partial charge in [0, 0.05) is 12.3 Å². The van der Waals surface area contributed by atoms with E-state index in [-0.39, 0.29) is 11.4 Å². The molecule has 0 aliphatic heterocycles. The van der Waals surface area contributed by atoms with E-state index in [1.54, 1.807) is 33.0 Å². The standard InChI is InChI=1S/C13H15N3O4/c1-13(2,3)20-12(19)14-10-7-9-8(11(17)18)5-4-6-16(9)15-10/h4-7H,1-3H3,(H,17,18)(H,14,15,19). The van der Waals surface area contributed by atoms with Crippen LogP contribution in [0.3, 0.4) is 0 Å². The van der Waals surface area contributed by atoms with Crippen molar-refractivity contribution in [3.63, 3.8) is 0 Å². The molecule has 2 aromatic rings. The molecule has 0 bridgehead atoms. The van der Waals surface area contributed by atoms with Crippen LogP contribution < -0.4 is 5.32 Å². The summed E-state index contributed by atoms with van der Waals surface area (Å²) in [7, 11) is 0. The molecule has 1 amide bonds. The highest BCUT2D eigenvalue weighted by molar-refractivity contribution is 5.96. The fourth-order valence-corrected chi connectivity index (χ4v) is 1.67. The number of amides is 1. The first-order valence-corrected chi connectivity index (χ1v) is 5.98. The van der Waals surface area contributed by atoms with E-state index in [2.05, 4.69) is 10.4 Å². The summed E-state index contributed by atoms with van der Waals surface area (Å²) in [5.41, 5.74) is -0.113. The van der Waals surface area contributed by atoms with E-state index in [1.165, 1.54) is 16.6 Å². The second-order valence-corrected chi connectivity index (χ2v) is 5.21. The Morgan fingerprint density at radius 1 is 1.40 bits per heavy atom. The zero-order valence-corrected chi connectivity index (χ0v) is 11.4. The summed E-state index contributed by atoms with van der Waals surface area (Å²) < 4.78 is 6.48. The van der Waals surface area contributed by atoms with Gasteiger partial charge in [-0.2, -0.15) is 0 Å². The molecule has 0 spiro atoms. The molecule has 0 atom stereocenters. The molecule has 2 rings (SSSR count). The normalized spacial score (nSPS) is 11.3. The molecular formula is C13H15N3O4. The maximum atomic E-state index is 11.6. The third-order valence-corrected chi connectivity index (χ3v) is 2.36. The number of nitrogens with zero attached hydrogens (tertiary/aromatic N) is 2. The average molecular weight is 277 g/mol. The molecule has 2 aromatic heterocycles.